The molecule has 0 heterocycles. The predicted octanol–water partition coefficient (Wildman–Crippen LogP) is 1.72. The van der Waals surface area contributed by atoms with Gasteiger partial charge >= 0.3 is 0 Å². The van der Waals surface area contributed by atoms with Crippen LogP contribution in [0, 0.1) is 0 Å². The SMILES string of the molecule is CCCC(NC)NC(C)CC. The summed E-state index contributed by atoms with van der Waals surface area (Å²) in [6.45, 7) is 6.64. The highest BCUT2D eigenvalue weighted by atomic mass is 15.1. The van der Waals surface area contributed by atoms with Gasteiger partial charge in [0.15, 0.2) is 0 Å². The molecule has 0 aromatic carbocycles. The molecule has 0 rings (SSSR count). The van der Waals surface area contributed by atoms with E-state index in [2.05, 4.69) is 31.4 Å². The van der Waals surface area contributed by atoms with Crippen LogP contribution in [0.4, 0.5) is 0 Å². The quantitative estimate of drug-likeness (QED) is 0.575. The van der Waals surface area contributed by atoms with Crippen LogP contribution >= 0.6 is 0 Å². The van der Waals surface area contributed by atoms with Crippen LogP contribution in [0.15, 0.2) is 0 Å². The normalized spacial score (nSPS) is 16.4. The molecule has 0 saturated heterocycles. The molecule has 0 amide bonds. The molecular formula is C9H22N2. The molecule has 0 saturated carbocycles. The van der Waals surface area contributed by atoms with E-state index in [4.69, 9.17) is 0 Å². The topological polar surface area (TPSA) is 24.1 Å². The Bertz CT molecular complexity index is 83.6. The lowest BCUT2D eigenvalue weighted by molar-refractivity contribution is 0.374. The van der Waals surface area contributed by atoms with Crippen molar-refractivity contribution in [3.8, 4) is 0 Å². The fourth-order valence-corrected chi connectivity index (χ4v) is 1.06. The first-order chi connectivity index (χ1) is 5.24. The van der Waals surface area contributed by atoms with E-state index in [1.807, 2.05) is 7.05 Å². The standard InChI is InChI=1S/C9H22N2/c1-5-7-9(10-4)11-8(3)6-2/h8-11H,5-7H2,1-4H3. The third-order valence-electron chi connectivity index (χ3n) is 2.02. The molecule has 11 heavy (non-hydrogen) atoms. The average molecular weight is 158 g/mol. The Hall–Kier alpha value is -0.0800. The third-order valence-corrected chi connectivity index (χ3v) is 2.02. The highest BCUT2D eigenvalue weighted by Crippen LogP contribution is 1.96. The van der Waals surface area contributed by atoms with Crippen LogP contribution in [0.5, 0.6) is 0 Å². The summed E-state index contributed by atoms with van der Waals surface area (Å²) >= 11 is 0. The first-order valence-corrected chi connectivity index (χ1v) is 4.67. The molecule has 2 nitrogen and oxygen atoms in total. The van der Waals surface area contributed by atoms with Gasteiger partial charge in [0.2, 0.25) is 0 Å². The average Bonchev–Trinajstić information content (AvgIpc) is 2.03. The Morgan fingerprint density at radius 3 is 2.27 bits per heavy atom. The van der Waals surface area contributed by atoms with Crippen LogP contribution in [0.2, 0.25) is 0 Å². The Morgan fingerprint density at radius 2 is 1.91 bits per heavy atom. The second-order valence-electron chi connectivity index (χ2n) is 3.11. The van der Waals surface area contributed by atoms with Crippen molar-refractivity contribution < 1.29 is 0 Å². The van der Waals surface area contributed by atoms with Crippen LogP contribution in [-0.2, 0) is 0 Å². The number of hydrogen-bond donors (Lipinski definition) is 2. The van der Waals surface area contributed by atoms with Gasteiger partial charge in [0.05, 0.1) is 6.17 Å². The number of rotatable bonds is 6. The largest absolute Gasteiger partial charge is 0.305 e. The maximum Gasteiger partial charge on any atom is 0.0571 e. The maximum atomic E-state index is 3.51. The van der Waals surface area contributed by atoms with E-state index in [0.29, 0.717) is 12.2 Å². The van der Waals surface area contributed by atoms with E-state index in [1.54, 1.807) is 0 Å². The zero-order valence-corrected chi connectivity index (χ0v) is 8.28. The number of hydrogen-bond acceptors (Lipinski definition) is 2. The summed E-state index contributed by atoms with van der Waals surface area (Å²) < 4.78 is 0. The van der Waals surface area contributed by atoms with Gasteiger partial charge in [-0.2, -0.15) is 0 Å². The van der Waals surface area contributed by atoms with Crippen molar-refractivity contribution in [3.05, 3.63) is 0 Å². The fraction of sp³-hybridized carbons (Fsp3) is 1.00. The fourth-order valence-electron chi connectivity index (χ4n) is 1.06. The lowest BCUT2D eigenvalue weighted by Gasteiger charge is -2.21. The molecule has 2 heteroatoms. The second kappa shape index (κ2) is 6.62. The van der Waals surface area contributed by atoms with Crippen LogP contribution < -0.4 is 10.6 Å². The van der Waals surface area contributed by atoms with Crippen molar-refractivity contribution in [3.63, 3.8) is 0 Å². The molecule has 0 aromatic heterocycles. The lowest BCUT2D eigenvalue weighted by atomic mass is 10.2. The zero-order valence-electron chi connectivity index (χ0n) is 8.28. The van der Waals surface area contributed by atoms with E-state index in [0.717, 1.165) is 0 Å². The van der Waals surface area contributed by atoms with Gasteiger partial charge in [0.25, 0.3) is 0 Å². The van der Waals surface area contributed by atoms with Crippen LogP contribution in [-0.4, -0.2) is 19.3 Å². The Kier molecular flexibility index (Phi) is 6.57. The summed E-state index contributed by atoms with van der Waals surface area (Å²) in [4.78, 5) is 0. The summed E-state index contributed by atoms with van der Waals surface area (Å²) in [5.74, 6) is 0. The van der Waals surface area contributed by atoms with Gasteiger partial charge in [-0.05, 0) is 26.8 Å². The molecule has 2 unspecified atom stereocenters. The summed E-state index contributed by atoms with van der Waals surface area (Å²) in [5, 5.41) is 6.76. The van der Waals surface area contributed by atoms with Crippen molar-refractivity contribution in [1.29, 1.82) is 0 Å². The van der Waals surface area contributed by atoms with Gasteiger partial charge < -0.3 is 5.32 Å². The van der Waals surface area contributed by atoms with Crippen LogP contribution in [0.1, 0.15) is 40.0 Å². The smallest absolute Gasteiger partial charge is 0.0571 e. The van der Waals surface area contributed by atoms with Gasteiger partial charge in [-0.1, -0.05) is 20.3 Å². The molecule has 2 N–H and O–H groups in total. The predicted molar refractivity (Wildman–Crippen MR) is 50.6 cm³/mol. The highest BCUT2D eigenvalue weighted by Gasteiger charge is 2.05. The molecule has 0 aliphatic heterocycles. The Morgan fingerprint density at radius 1 is 1.27 bits per heavy atom. The van der Waals surface area contributed by atoms with Crippen LogP contribution in [0.3, 0.4) is 0 Å². The first kappa shape index (κ1) is 10.9. The molecule has 0 aliphatic carbocycles. The molecule has 68 valence electrons. The molecular weight excluding hydrogens is 136 g/mol. The van der Waals surface area contributed by atoms with Crippen molar-refractivity contribution in [2.75, 3.05) is 7.05 Å². The van der Waals surface area contributed by atoms with E-state index < -0.39 is 0 Å². The summed E-state index contributed by atoms with van der Waals surface area (Å²) in [7, 11) is 2.01. The van der Waals surface area contributed by atoms with Crippen molar-refractivity contribution >= 4 is 0 Å². The second-order valence-corrected chi connectivity index (χ2v) is 3.11. The minimum Gasteiger partial charge on any atom is -0.305 e. The monoisotopic (exact) mass is 158 g/mol. The van der Waals surface area contributed by atoms with E-state index >= 15 is 0 Å². The number of nitrogens with one attached hydrogen (secondary N) is 2. The molecule has 2 atom stereocenters. The molecule has 0 radical (unpaired) electrons. The van der Waals surface area contributed by atoms with E-state index in [1.165, 1.54) is 19.3 Å². The Balaban J connectivity index is 3.49. The molecule has 0 aromatic rings. The summed E-state index contributed by atoms with van der Waals surface area (Å²) in [6, 6.07) is 0.624. The third kappa shape index (κ3) is 5.22. The highest BCUT2D eigenvalue weighted by molar-refractivity contribution is 4.66. The van der Waals surface area contributed by atoms with Crippen molar-refractivity contribution in [1.82, 2.24) is 10.6 Å². The van der Waals surface area contributed by atoms with Gasteiger partial charge in [0, 0.05) is 6.04 Å². The minimum absolute atomic E-state index is 0.495. The van der Waals surface area contributed by atoms with Crippen molar-refractivity contribution in [2.45, 2.75) is 52.2 Å². The molecule has 0 fully saturated rings. The van der Waals surface area contributed by atoms with Crippen molar-refractivity contribution in [2.24, 2.45) is 0 Å². The van der Waals surface area contributed by atoms with Crippen LogP contribution in [0.25, 0.3) is 0 Å². The Labute approximate surface area is 70.8 Å². The zero-order chi connectivity index (χ0) is 8.69. The minimum atomic E-state index is 0.495. The first-order valence-electron chi connectivity index (χ1n) is 4.67. The van der Waals surface area contributed by atoms with E-state index in [9.17, 15) is 0 Å². The van der Waals surface area contributed by atoms with Gasteiger partial charge in [-0.3, -0.25) is 5.32 Å². The maximum absolute atomic E-state index is 3.51. The lowest BCUT2D eigenvalue weighted by Crippen LogP contribution is -2.44. The summed E-state index contributed by atoms with van der Waals surface area (Å²) in [6.07, 6.45) is 4.13. The summed E-state index contributed by atoms with van der Waals surface area (Å²) in [5.41, 5.74) is 0. The van der Waals surface area contributed by atoms with E-state index in [-0.39, 0.29) is 0 Å². The van der Waals surface area contributed by atoms with Gasteiger partial charge in [0.1, 0.15) is 0 Å². The van der Waals surface area contributed by atoms with Gasteiger partial charge in [-0.15, -0.1) is 0 Å². The molecule has 0 bridgehead atoms. The van der Waals surface area contributed by atoms with Gasteiger partial charge in [-0.25, -0.2) is 0 Å². The molecule has 0 aliphatic rings. The molecule has 0 spiro atoms.